The molecule has 0 N–H and O–H groups in total. The number of aromatic nitrogens is 3. The second-order valence-corrected chi connectivity index (χ2v) is 4.46. The van der Waals surface area contributed by atoms with Gasteiger partial charge in [0, 0.05) is 23.5 Å². The number of hydrogen-bond donors (Lipinski definition) is 0. The van der Waals surface area contributed by atoms with E-state index < -0.39 is 0 Å². The van der Waals surface area contributed by atoms with E-state index in [4.69, 9.17) is 0 Å². The van der Waals surface area contributed by atoms with Gasteiger partial charge < -0.3 is 0 Å². The van der Waals surface area contributed by atoms with E-state index in [2.05, 4.69) is 15.0 Å². The highest BCUT2D eigenvalue weighted by Gasteiger charge is 2.02. The first-order valence-corrected chi connectivity index (χ1v) is 5.41. The van der Waals surface area contributed by atoms with Crippen molar-refractivity contribution in [3.05, 3.63) is 29.5 Å². The lowest BCUT2D eigenvalue weighted by Crippen LogP contribution is -1.82. The van der Waals surface area contributed by atoms with Crippen LogP contribution in [0.4, 0.5) is 0 Å². The van der Waals surface area contributed by atoms with Gasteiger partial charge in [-0.1, -0.05) is 0 Å². The fourth-order valence-corrected chi connectivity index (χ4v) is 2.45. The molecule has 2 aromatic heterocycles. The molecule has 13 heavy (non-hydrogen) atoms. The molecule has 0 aromatic carbocycles. The minimum absolute atomic E-state index is 0.747. The molecule has 0 atom stereocenters. The second kappa shape index (κ2) is 3.85. The predicted molar refractivity (Wildman–Crippen MR) is 53.0 cm³/mol. The van der Waals surface area contributed by atoms with Crippen molar-refractivity contribution in [3.8, 4) is 0 Å². The Balaban J connectivity index is 2.15. The molecule has 0 aliphatic carbocycles. The van der Waals surface area contributed by atoms with Crippen molar-refractivity contribution in [3.63, 3.8) is 0 Å². The van der Waals surface area contributed by atoms with Crippen LogP contribution in [0.2, 0.25) is 0 Å². The zero-order valence-corrected chi connectivity index (χ0v) is 8.60. The third-order valence-corrected chi connectivity index (χ3v) is 3.27. The van der Waals surface area contributed by atoms with Gasteiger partial charge in [0.1, 0.15) is 0 Å². The molecule has 3 nitrogen and oxygen atoms in total. The third kappa shape index (κ3) is 2.26. The van der Waals surface area contributed by atoms with Crippen molar-refractivity contribution in [1.82, 2.24) is 15.0 Å². The molecular formula is C8H7N3S2. The second-order valence-electron chi connectivity index (χ2n) is 2.39. The number of aryl methyl sites for hydroxylation is 1. The van der Waals surface area contributed by atoms with Crippen molar-refractivity contribution < 1.29 is 0 Å². The van der Waals surface area contributed by atoms with Gasteiger partial charge in [0.15, 0.2) is 9.50 Å². The van der Waals surface area contributed by atoms with Crippen LogP contribution in [-0.2, 0) is 0 Å². The Morgan fingerprint density at radius 2 is 2.08 bits per heavy atom. The lowest BCUT2D eigenvalue weighted by Gasteiger charge is -1.92. The van der Waals surface area contributed by atoms with Gasteiger partial charge in [0.05, 0.1) is 0 Å². The SMILES string of the molecule is Cc1csc(Sc2ncccn2)n1. The molecule has 0 amide bonds. The lowest BCUT2D eigenvalue weighted by molar-refractivity contribution is 0.964. The lowest BCUT2D eigenvalue weighted by atomic mass is 10.6. The van der Waals surface area contributed by atoms with Crippen LogP contribution in [0.15, 0.2) is 33.3 Å². The Bertz CT molecular complexity index is 385. The first-order valence-electron chi connectivity index (χ1n) is 3.71. The molecular weight excluding hydrogens is 202 g/mol. The Labute approximate surface area is 84.3 Å². The van der Waals surface area contributed by atoms with Crippen LogP contribution in [0.1, 0.15) is 5.69 Å². The van der Waals surface area contributed by atoms with E-state index >= 15 is 0 Å². The van der Waals surface area contributed by atoms with Crippen LogP contribution in [0.3, 0.4) is 0 Å². The molecule has 2 rings (SSSR count). The molecule has 0 saturated heterocycles. The van der Waals surface area contributed by atoms with Crippen LogP contribution >= 0.6 is 23.1 Å². The molecule has 0 aliphatic rings. The van der Waals surface area contributed by atoms with Gasteiger partial charge in [-0.25, -0.2) is 15.0 Å². The molecule has 0 aliphatic heterocycles. The van der Waals surface area contributed by atoms with Crippen LogP contribution < -0.4 is 0 Å². The molecule has 5 heteroatoms. The first-order chi connectivity index (χ1) is 6.34. The van der Waals surface area contributed by atoms with Crippen molar-refractivity contribution >= 4 is 23.1 Å². The van der Waals surface area contributed by atoms with E-state index in [1.807, 2.05) is 12.3 Å². The van der Waals surface area contributed by atoms with Gasteiger partial charge in [-0.05, 0) is 24.8 Å². The maximum absolute atomic E-state index is 4.31. The molecule has 0 fully saturated rings. The van der Waals surface area contributed by atoms with Gasteiger partial charge in [-0.15, -0.1) is 11.3 Å². The molecule has 0 spiro atoms. The standard InChI is InChI=1S/C8H7N3S2/c1-6-5-12-8(11-6)13-7-9-3-2-4-10-7/h2-5H,1H3. The Morgan fingerprint density at radius 1 is 1.31 bits per heavy atom. The topological polar surface area (TPSA) is 38.7 Å². The van der Waals surface area contributed by atoms with Crippen LogP contribution in [0, 0.1) is 6.92 Å². The molecule has 0 saturated carbocycles. The molecule has 2 heterocycles. The highest BCUT2D eigenvalue weighted by Crippen LogP contribution is 2.26. The average molecular weight is 209 g/mol. The van der Waals surface area contributed by atoms with Crippen molar-refractivity contribution in [2.75, 3.05) is 0 Å². The van der Waals surface area contributed by atoms with Gasteiger partial charge in [0.2, 0.25) is 0 Å². The molecule has 2 aromatic rings. The van der Waals surface area contributed by atoms with E-state index in [-0.39, 0.29) is 0 Å². The van der Waals surface area contributed by atoms with Gasteiger partial charge in [-0.3, -0.25) is 0 Å². The largest absolute Gasteiger partial charge is 0.235 e. The summed E-state index contributed by atoms with van der Waals surface area (Å²) in [6.45, 7) is 1.98. The van der Waals surface area contributed by atoms with E-state index in [0.717, 1.165) is 15.2 Å². The molecule has 0 radical (unpaired) electrons. The third-order valence-electron chi connectivity index (χ3n) is 1.32. The summed E-state index contributed by atoms with van der Waals surface area (Å²) in [5.74, 6) is 0. The average Bonchev–Trinajstić information content (AvgIpc) is 2.53. The highest BCUT2D eigenvalue weighted by molar-refractivity contribution is 8.00. The summed E-state index contributed by atoms with van der Waals surface area (Å²) < 4.78 is 0.990. The normalized spacial score (nSPS) is 10.2. The van der Waals surface area contributed by atoms with Gasteiger partial charge >= 0.3 is 0 Å². The Hall–Kier alpha value is -0.940. The molecule has 0 unspecified atom stereocenters. The maximum Gasteiger partial charge on any atom is 0.194 e. The van der Waals surface area contributed by atoms with Crippen LogP contribution in [-0.4, -0.2) is 15.0 Å². The zero-order valence-electron chi connectivity index (χ0n) is 6.97. The van der Waals surface area contributed by atoms with Crippen molar-refractivity contribution in [2.24, 2.45) is 0 Å². The fourth-order valence-electron chi connectivity index (χ4n) is 0.795. The summed E-state index contributed by atoms with van der Waals surface area (Å²) in [6, 6.07) is 1.80. The van der Waals surface area contributed by atoms with Crippen molar-refractivity contribution in [1.29, 1.82) is 0 Å². The number of hydrogen-bond acceptors (Lipinski definition) is 5. The Morgan fingerprint density at radius 3 is 2.69 bits per heavy atom. The predicted octanol–water partition coefficient (Wildman–Crippen LogP) is 2.39. The maximum atomic E-state index is 4.31. The minimum atomic E-state index is 0.747. The first kappa shape index (κ1) is 8.65. The summed E-state index contributed by atoms with van der Waals surface area (Å²) in [4.78, 5) is 12.5. The van der Waals surface area contributed by atoms with Crippen LogP contribution in [0.25, 0.3) is 0 Å². The molecule has 0 bridgehead atoms. The van der Waals surface area contributed by atoms with Gasteiger partial charge in [-0.2, -0.15) is 0 Å². The van der Waals surface area contributed by atoms with Crippen LogP contribution in [0.5, 0.6) is 0 Å². The quantitative estimate of drug-likeness (QED) is 0.712. The smallest absolute Gasteiger partial charge is 0.194 e. The van der Waals surface area contributed by atoms with E-state index in [0.29, 0.717) is 0 Å². The summed E-state index contributed by atoms with van der Waals surface area (Å²) in [7, 11) is 0. The fraction of sp³-hybridized carbons (Fsp3) is 0.125. The number of rotatable bonds is 2. The summed E-state index contributed by atoms with van der Waals surface area (Å²) in [6.07, 6.45) is 3.46. The summed E-state index contributed by atoms with van der Waals surface area (Å²) in [5.41, 5.74) is 1.04. The highest BCUT2D eigenvalue weighted by atomic mass is 32.2. The Kier molecular flexibility index (Phi) is 2.56. The van der Waals surface area contributed by atoms with E-state index in [1.165, 1.54) is 11.8 Å². The molecule has 66 valence electrons. The zero-order chi connectivity index (χ0) is 9.10. The minimum Gasteiger partial charge on any atom is -0.235 e. The number of thiazole rings is 1. The van der Waals surface area contributed by atoms with E-state index in [1.54, 1.807) is 29.8 Å². The van der Waals surface area contributed by atoms with Crippen molar-refractivity contribution in [2.45, 2.75) is 16.4 Å². The summed E-state index contributed by atoms with van der Waals surface area (Å²) >= 11 is 3.11. The number of nitrogens with zero attached hydrogens (tertiary/aromatic N) is 3. The van der Waals surface area contributed by atoms with Gasteiger partial charge in [0.25, 0.3) is 0 Å². The van der Waals surface area contributed by atoms with E-state index in [9.17, 15) is 0 Å². The summed E-state index contributed by atoms with van der Waals surface area (Å²) in [5, 5.41) is 2.77. The monoisotopic (exact) mass is 209 g/mol.